The molecule has 26 heavy (non-hydrogen) atoms. The minimum absolute atomic E-state index is 0. The lowest BCUT2D eigenvalue weighted by Crippen LogP contribution is -2.38. The minimum atomic E-state index is 0. The fourth-order valence-electron chi connectivity index (χ4n) is 2.71. The van der Waals surface area contributed by atoms with Crippen LogP contribution in [0.5, 0.6) is 0 Å². The van der Waals surface area contributed by atoms with Gasteiger partial charge in [-0.1, -0.05) is 27.7 Å². The summed E-state index contributed by atoms with van der Waals surface area (Å²) in [5, 5.41) is 19.3. The maximum absolute atomic E-state index is 9.24. The highest BCUT2D eigenvalue weighted by molar-refractivity contribution is 14.0. The number of nitrogens with one attached hydrogen (secondary N) is 2. The van der Waals surface area contributed by atoms with Crippen molar-refractivity contribution in [1.29, 1.82) is 0 Å². The molecule has 1 aromatic heterocycles. The van der Waals surface area contributed by atoms with Gasteiger partial charge in [-0.3, -0.25) is 4.99 Å². The number of guanidine groups is 1. The van der Waals surface area contributed by atoms with E-state index >= 15 is 0 Å². The number of hydrogen-bond acceptors (Lipinski definition) is 4. The van der Waals surface area contributed by atoms with Crippen molar-refractivity contribution in [3.63, 3.8) is 0 Å². The van der Waals surface area contributed by atoms with Gasteiger partial charge in [-0.25, -0.2) is 4.98 Å². The molecule has 0 aromatic carbocycles. The quantitative estimate of drug-likeness (QED) is 0.246. The van der Waals surface area contributed by atoms with Gasteiger partial charge in [0.25, 0.3) is 0 Å². The largest absolute Gasteiger partial charge is 0.396 e. The van der Waals surface area contributed by atoms with E-state index in [0.29, 0.717) is 17.8 Å². The van der Waals surface area contributed by atoms with Crippen LogP contribution < -0.4 is 10.6 Å². The first-order valence-corrected chi connectivity index (χ1v) is 10.4. The summed E-state index contributed by atoms with van der Waals surface area (Å²) in [6, 6.07) is 0. The number of halogens is 1. The number of aromatic nitrogens is 1. The highest BCUT2D eigenvalue weighted by Crippen LogP contribution is 2.19. The zero-order valence-corrected chi connectivity index (χ0v) is 20.1. The number of thiazole rings is 1. The van der Waals surface area contributed by atoms with Crippen molar-refractivity contribution in [1.82, 2.24) is 15.6 Å². The molecule has 0 spiro atoms. The molecule has 0 aliphatic carbocycles. The predicted octanol–water partition coefficient (Wildman–Crippen LogP) is 4.03. The van der Waals surface area contributed by atoms with Crippen molar-refractivity contribution in [2.75, 3.05) is 26.2 Å². The summed E-state index contributed by atoms with van der Waals surface area (Å²) in [6.45, 7) is 13.5. The van der Waals surface area contributed by atoms with E-state index in [9.17, 15) is 5.11 Å². The van der Waals surface area contributed by atoms with Crippen LogP contribution in [-0.4, -0.2) is 42.3 Å². The molecule has 0 saturated carbocycles. The van der Waals surface area contributed by atoms with Gasteiger partial charge in [-0.05, 0) is 31.6 Å². The second-order valence-electron chi connectivity index (χ2n) is 7.24. The molecule has 1 rings (SSSR count). The molecule has 0 aliphatic rings. The number of hydrogen-bond donors (Lipinski definition) is 3. The van der Waals surface area contributed by atoms with Crippen molar-refractivity contribution in [3.05, 3.63) is 16.1 Å². The van der Waals surface area contributed by atoms with E-state index in [1.807, 2.05) is 0 Å². The van der Waals surface area contributed by atoms with Crippen LogP contribution in [-0.2, 0) is 6.42 Å². The lowest BCUT2D eigenvalue weighted by Gasteiger charge is -2.17. The zero-order valence-electron chi connectivity index (χ0n) is 16.9. The van der Waals surface area contributed by atoms with Gasteiger partial charge in [-0.2, -0.15) is 0 Å². The van der Waals surface area contributed by atoms with Crippen molar-refractivity contribution >= 4 is 41.3 Å². The Morgan fingerprint density at radius 3 is 2.54 bits per heavy atom. The Morgan fingerprint density at radius 1 is 1.27 bits per heavy atom. The van der Waals surface area contributed by atoms with Gasteiger partial charge in [0.1, 0.15) is 0 Å². The van der Waals surface area contributed by atoms with E-state index in [1.54, 1.807) is 11.3 Å². The Bertz CT molecular complexity index is 505. The smallest absolute Gasteiger partial charge is 0.191 e. The highest BCUT2D eigenvalue weighted by Gasteiger charge is 2.11. The van der Waals surface area contributed by atoms with Crippen LogP contribution in [0.25, 0.3) is 0 Å². The van der Waals surface area contributed by atoms with Gasteiger partial charge in [0, 0.05) is 44.0 Å². The van der Waals surface area contributed by atoms with Crippen molar-refractivity contribution in [2.24, 2.45) is 16.8 Å². The van der Waals surface area contributed by atoms with Crippen molar-refractivity contribution in [3.8, 4) is 0 Å². The number of aliphatic imine (C=N–C) groups is 1. The number of rotatable bonds is 11. The average Bonchev–Trinajstić information content (AvgIpc) is 3.01. The first-order valence-electron chi connectivity index (χ1n) is 9.53. The maximum Gasteiger partial charge on any atom is 0.191 e. The molecule has 1 atom stereocenters. The van der Waals surface area contributed by atoms with E-state index < -0.39 is 0 Å². The fraction of sp³-hybridized carbons (Fsp3) is 0.789. The topological polar surface area (TPSA) is 69.5 Å². The van der Waals surface area contributed by atoms with Gasteiger partial charge in [0.05, 0.1) is 10.7 Å². The molecule has 1 aromatic rings. The summed E-state index contributed by atoms with van der Waals surface area (Å²) < 4.78 is 0. The van der Waals surface area contributed by atoms with E-state index in [-0.39, 0.29) is 30.6 Å². The maximum atomic E-state index is 9.24. The van der Waals surface area contributed by atoms with Crippen LogP contribution in [0.4, 0.5) is 0 Å². The molecule has 0 saturated heterocycles. The molecule has 7 heteroatoms. The second kappa shape index (κ2) is 14.6. The van der Waals surface area contributed by atoms with Crippen LogP contribution in [0, 0.1) is 11.8 Å². The normalized spacial score (nSPS) is 13.0. The summed E-state index contributed by atoms with van der Waals surface area (Å²) in [4.78, 5) is 9.39. The monoisotopic (exact) mass is 496 g/mol. The molecule has 1 heterocycles. The Balaban J connectivity index is 0.00000625. The molecule has 0 aliphatic heterocycles. The van der Waals surface area contributed by atoms with Crippen LogP contribution in [0.15, 0.2) is 10.4 Å². The predicted molar refractivity (Wildman–Crippen MR) is 124 cm³/mol. The van der Waals surface area contributed by atoms with Gasteiger partial charge < -0.3 is 15.7 Å². The lowest BCUT2D eigenvalue weighted by molar-refractivity contribution is 0.245. The average molecular weight is 497 g/mol. The van der Waals surface area contributed by atoms with Crippen LogP contribution in [0.2, 0.25) is 0 Å². The number of nitrogens with zero attached hydrogens (tertiary/aromatic N) is 2. The molecule has 0 radical (unpaired) electrons. The van der Waals surface area contributed by atoms with Gasteiger partial charge in [-0.15, -0.1) is 35.3 Å². The molecule has 0 bridgehead atoms. The molecule has 152 valence electrons. The second-order valence-corrected chi connectivity index (χ2v) is 8.13. The van der Waals surface area contributed by atoms with Crippen molar-refractivity contribution < 1.29 is 5.11 Å². The van der Waals surface area contributed by atoms with E-state index in [0.717, 1.165) is 50.6 Å². The molecule has 5 nitrogen and oxygen atoms in total. The fourth-order valence-corrected chi connectivity index (χ4v) is 3.58. The van der Waals surface area contributed by atoms with E-state index in [4.69, 9.17) is 4.99 Å². The van der Waals surface area contributed by atoms with E-state index in [1.165, 1.54) is 5.01 Å². The Kier molecular flexibility index (Phi) is 14.4. The first-order chi connectivity index (χ1) is 12.0. The van der Waals surface area contributed by atoms with Gasteiger partial charge in [0.15, 0.2) is 5.96 Å². The summed E-state index contributed by atoms with van der Waals surface area (Å²) in [6.07, 6.45) is 2.82. The van der Waals surface area contributed by atoms with Gasteiger partial charge >= 0.3 is 0 Å². The molecule has 0 fully saturated rings. The first kappa shape index (κ1) is 25.6. The lowest BCUT2D eigenvalue weighted by atomic mass is 9.94. The third kappa shape index (κ3) is 10.7. The Morgan fingerprint density at radius 2 is 2.00 bits per heavy atom. The zero-order chi connectivity index (χ0) is 18.7. The summed E-state index contributed by atoms with van der Waals surface area (Å²) in [5.74, 6) is 2.42. The van der Waals surface area contributed by atoms with Gasteiger partial charge in [0.2, 0.25) is 0 Å². The summed E-state index contributed by atoms with van der Waals surface area (Å²) in [5.41, 5.74) is 1.15. The molecule has 3 N–H and O–H groups in total. The Labute approximate surface area is 180 Å². The van der Waals surface area contributed by atoms with Crippen molar-refractivity contribution in [2.45, 2.75) is 59.8 Å². The van der Waals surface area contributed by atoms with Crippen LogP contribution >= 0.6 is 35.3 Å². The minimum Gasteiger partial charge on any atom is -0.396 e. The molecule has 1 unspecified atom stereocenters. The molecular formula is C19H37IN4OS. The van der Waals surface area contributed by atoms with E-state index in [2.05, 4.69) is 55.6 Å². The van der Waals surface area contributed by atoms with Crippen LogP contribution in [0.3, 0.4) is 0 Å². The number of aliphatic hydroxyl groups excluding tert-OH is 1. The third-order valence-corrected chi connectivity index (χ3v) is 5.13. The summed E-state index contributed by atoms with van der Waals surface area (Å²) >= 11 is 1.74. The Hall–Kier alpha value is -0.410. The van der Waals surface area contributed by atoms with Crippen LogP contribution in [0.1, 0.15) is 64.1 Å². The summed E-state index contributed by atoms with van der Waals surface area (Å²) in [7, 11) is 0. The number of aliphatic hydroxyl groups is 1. The molecular weight excluding hydrogens is 459 g/mol. The molecule has 0 amide bonds. The third-order valence-electron chi connectivity index (χ3n) is 3.93. The SMILES string of the molecule is CCNC(=NCC(CCO)CC(C)C)NCCc1csc(C(C)C)n1.I. The highest BCUT2D eigenvalue weighted by atomic mass is 127. The standard InChI is InChI=1S/C19H36N4OS.HI/c1-6-20-19(22-12-16(8-10-24)11-14(2)3)21-9-7-17-13-25-18(23-17)15(4)5;/h13-16,24H,6-12H2,1-5H3,(H2,20,21,22);1H.